The Labute approximate surface area is 167 Å². The number of anilines is 1. The van der Waals surface area contributed by atoms with Gasteiger partial charge in [0.15, 0.2) is 6.61 Å². The van der Waals surface area contributed by atoms with E-state index < -0.39 is 12.1 Å². The zero-order valence-electron chi connectivity index (χ0n) is 15.8. The molecular weight excluding hydrogens is 386 g/mol. The fraction of sp³-hybridized carbons (Fsp3) is 0.500. The molecule has 27 heavy (non-hydrogen) atoms. The molecule has 148 valence electrons. The molecule has 0 aliphatic carbocycles. The van der Waals surface area contributed by atoms with Crippen molar-refractivity contribution in [2.75, 3.05) is 31.2 Å². The largest absolute Gasteiger partial charge is 0.449 e. The van der Waals surface area contributed by atoms with Crippen LogP contribution in [0.3, 0.4) is 0 Å². The number of nitrogens with two attached hydrogens (primary N) is 1. The van der Waals surface area contributed by atoms with E-state index in [0.717, 1.165) is 5.56 Å². The van der Waals surface area contributed by atoms with Gasteiger partial charge in [0.1, 0.15) is 19.2 Å². The van der Waals surface area contributed by atoms with E-state index in [1.807, 2.05) is 0 Å². The third-order valence-electron chi connectivity index (χ3n) is 2.97. The van der Waals surface area contributed by atoms with E-state index in [2.05, 4.69) is 20.8 Å². The molecule has 1 amide bonds. The van der Waals surface area contributed by atoms with Crippen molar-refractivity contribution < 1.29 is 19.1 Å². The lowest BCUT2D eigenvalue weighted by Gasteiger charge is -2.22. The summed E-state index contributed by atoms with van der Waals surface area (Å²) in [6.07, 6.45) is -0.609. The van der Waals surface area contributed by atoms with Gasteiger partial charge in [0.2, 0.25) is 0 Å². The van der Waals surface area contributed by atoms with Crippen molar-refractivity contribution in [3.8, 4) is 6.07 Å². The summed E-state index contributed by atoms with van der Waals surface area (Å²) in [5.41, 5.74) is 7.05. The maximum atomic E-state index is 12.4. The van der Waals surface area contributed by atoms with Crippen LogP contribution in [0, 0.1) is 11.3 Å². The Morgan fingerprint density at radius 2 is 1.89 bits per heavy atom. The number of hydrogen-bond acceptors (Lipinski definition) is 8. The Hall–Kier alpha value is -2.05. The number of nitriles is 1. The molecule has 0 atom stereocenters. The second kappa shape index (κ2) is 11.6. The predicted molar refractivity (Wildman–Crippen MR) is 109 cm³/mol. The SMILES string of the molecule is CC(C)(C)SSCCN(CC(=O)OCC#N)C(=O)OCc1ccc(N)cc1. The van der Waals surface area contributed by atoms with Crippen molar-refractivity contribution in [3.05, 3.63) is 29.8 Å². The molecule has 0 fully saturated rings. The summed E-state index contributed by atoms with van der Waals surface area (Å²) < 4.78 is 10.1. The molecule has 0 aromatic heterocycles. The highest BCUT2D eigenvalue weighted by molar-refractivity contribution is 8.77. The van der Waals surface area contributed by atoms with Crippen LogP contribution in [-0.4, -0.2) is 47.2 Å². The number of benzene rings is 1. The van der Waals surface area contributed by atoms with Crippen LogP contribution < -0.4 is 5.73 Å². The first-order valence-corrected chi connectivity index (χ1v) is 10.6. The molecule has 0 spiro atoms. The second-order valence-electron chi connectivity index (χ2n) is 6.55. The molecule has 1 aromatic carbocycles. The number of carbonyl (C=O) groups is 2. The van der Waals surface area contributed by atoms with Gasteiger partial charge >= 0.3 is 12.1 Å². The van der Waals surface area contributed by atoms with Gasteiger partial charge in [-0.15, -0.1) is 0 Å². The first-order chi connectivity index (χ1) is 12.7. The number of amides is 1. The van der Waals surface area contributed by atoms with Gasteiger partial charge in [0.05, 0.1) is 0 Å². The van der Waals surface area contributed by atoms with Gasteiger partial charge in [0.25, 0.3) is 0 Å². The highest BCUT2D eigenvalue weighted by Gasteiger charge is 2.20. The van der Waals surface area contributed by atoms with Gasteiger partial charge in [-0.3, -0.25) is 9.69 Å². The molecule has 0 aliphatic rings. The fourth-order valence-electron chi connectivity index (χ4n) is 1.77. The second-order valence-corrected chi connectivity index (χ2v) is 9.80. The molecule has 9 heteroatoms. The van der Waals surface area contributed by atoms with E-state index in [1.54, 1.807) is 51.9 Å². The summed E-state index contributed by atoms with van der Waals surface area (Å²) in [4.78, 5) is 25.4. The smallest absolute Gasteiger partial charge is 0.410 e. The third kappa shape index (κ3) is 10.6. The standard InChI is InChI=1S/C18H25N3O4S2/c1-18(2,3)27-26-11-9-21(12-16(22)24-10-8-19)17(23)25-13-14-4-6-15(20)7-5-14/h4-7H,9-13,20H2,1-3H3. The van der Waals surface area contributed by atoms with Crippen molar-refractivity contribution in [3.63, 3.8) is 0 Å². The van der Waals surface area contributed by atoms with Crippen LogP contribution in [0.5, 0.6) is 0 Å². The molecule has 0 saturated carbocycles. The number of nitrogens with zero attached hydrogens (tertiary/aromatic N) is 2. The molecule has 2 N–H and O–H groups in total. The van der Waals surface area contributed by atoms with E-state index in [-0.39, 0.29) is 24.5 Å². The monoisotopic (exact) mass is 411 g/mol. The summed E-state index contributed by atoms with van der Waals surface area (Å²) in [6, 6.07) is 8.71. The zero-order chi connectivity index (χ0) is 20.3. The van der Waals surface area contributed by atoms with Crippen molar-refractivity contribution in [2.24, 2.45) is 0 Å². The first kappa shape index (κ1) is 23.0. The minimum atomic E-state index is -0.644. The molecule has 0 bridgehead atoms. The highest BCUT2D eigenvalue weighted by atomic mass is 33.1. The Morgan fingerprint density at radius 3 is 2.48 bits per heavy atom. The highest BCUT2D eigenvalue weighted by Crippen LogP contribution is 2.34. The Balaban J connectivity index is 2.58. The van der Waals surface area contributed by atoms with E-state index in [9.17, 15) is 9.59 Å². The van der Waals surface area contributed by atoms with Crippen molar-refractivity contribution in [2.45, 2.75) is 32.1 Å². The minimum Gasteiger partial charge on any atom is -0.449 e. The topological polar surface area (TPSA) is 106 Å². The van der Waals surface area contributed by atoms with Gasteiger partial charge in [-0.25, -0.2) is 4.79 Å². The van der Waals surface area contributed by atoms with Crippen LogP contribution in [0.25, 0.3) is 0 Å². The molecular formula is C18H25N3O4S2. The van der Waals surface area contributed by atoms with E-state index in [4.69, 9.17) is 20.5 Å². The van der Waals surface area contributed by atoms with E-state index in [0.29, 0.717) is 18.0 Å². The average molecular weight is 412 g/mol. The average Bonchev–Trinajstić information content (AvgIpc) is 2.60. The minimum absolute atomic E-state index is 0.0761. The van der Waals surface area contributed by atoms with Crippen LogP contribution >= 0.6 is 21.6 Å². The van der Waals surface area contributed by atoms with Crippen molar-refractivity contribution >= 4 is 39.3 Å². The first-order valence-electron chi connectivity index (χ1n) is 8.30. The molecule has 0 unspecified atom stereocenters. The van der Waals surface area contributed by atoms with Gasteiger partial charge in [-0.05, 0) is 17.7 Å². The van der Waals surface area contributed by atoms with Gasteiger partial charge < -0.3 is 15.2 Å². The number of nitrogen functional groups attached to an aromatic ring is 1. The quantitative estimate of drug-likeness (QED) is 0.285. The van der Waals surface area contributed by atoms with Crippen LogP contribution in [-0.2, 0) is 20.9 Å². The molecule has 1 aromatic rings. The maximum Gasteiger partial charge on any atom is 0.410 e. The van der Waals surface area contributed by atoms with Gasteiger partial charge in [-0.2, -0.15) is 5.26 Å². The molecule has 0 heterocycles. The lowest BCUT2D eigenvalue weighted by atomic mass is 10.2. The summed E-state index contributed by atoms with van der Waals surface area (Å²) in [5.74, 6) is -0.0146. The normalized spacial score (nSPS) is 10.7. The number of carbonyl (C=O) groups excluding carboxylic acids is 2. The number of rotatable bonds is 9. The van der Waals surface area contributed by atoms with E-state index >= 15 is 0 Å². The van der Waals surface area contributed by atoms with Crippen molar-refractivity contribution in [1.82, 2.24) is 4.90 Å². The fourth-order valence-corrected chi connectivity index (χ4v) is 4.03. The van der Waals surface area contributed by atoms with Crippen LogP contribution in [0.1, 0.15) is 26.3 Å². The van der Waals surface area contributed by atoms with Gasteiger partial charge in [0, 0.05) is 22.7 Å². The lowest BCUT2D eigenvalue weighted by Crippen LogP contribution is -2.38. The molecule has 0 radical (unpaired) electrons. The number of hydrogen-bond donors (Lipinski definition) is 1. The summed E-state index contributed by atoms with van der Waals surface area (Å²) >= 11 is 0. The summed E-state index contributed by atoms with van der Waals surface area (Å²) in [5, 5.41) is 8.49. The summed E-state index contributed by atoms with van der Waals surface area (Å²) in [6.45, 7) is 6.10. The summed E-state index contributed by atoms with van der Waals surface area (Å²) in [7, 11) is 3.31. The Kier molecular flexibility index (Phi) is 9.89. The van der Waals surface area contributed by atoms with E-state index in [1.165, 1.54) is 4.90 Å². The molecule has 7 nitrogen and oxygen atoms in total. The molecule has 1 rings (SSSR count). The molecule has 0 saturated heterocycles. The van der Waals surface area contributed by atoms with Crippen LogP contribution in [0.15, 0.2) is 24.3 Å². The number of esters is 1. The van der Waals surface area contributed by atoms with Crippen LogP contribution in [0.4, 0.5) is 10.5 Å². The zero-order valence-corrected chi connectivity index (χ0v) is 17.4. The maximum absolute atomic E-state index is 12.4. The molecule has 0 aliphatic heterocycles. The Bertz CT molecular complexity index is 654. The lowest BCUT2D eigenvalue weighted by molar-refractivity contribution is -0.143. The predicted octanol–water partition coefficient (Wildman–Crippen LogP) is 3.45. The number of ether oxygens (including phenoxy) is 2. The van der Waals surface area contributed by atoms with Crippen LogP contribution in [0.2, 0.25) is 0 Å². The Morgan fingerprint density at radius 1 is 1.22 bits per heavy atom. The van der Waals surface area contributed by atoms with Gasteiger partial charge in [-0.1, -0.05) is 54.5 Å². The third-order valence-corrected chi connectivity index (χ3v) is 6.29. The van der Waals surface area contributed by atoms with Crippen molar-refractivity contribution in [1.29, 1.82) is 5.26 Å².